The van der Waals surface area contributed by atoms with Crippen LogP contribution in [0.25, 0.3) is 10.9 Å². The summed E-state index contributed by atoms with van der Waals surface area (Å²) in [6.45, 7) is 0.775. The highest BCUT2D eigenvalue weighted by Gasteiger charge is 2.32. The maximum Gasteiger partial charge on any atom is 0.247 e. The average molecular weight is 343 g/mol. The van der Waals surface area contributed by atoms with Gasteiger partial charge in [0.2, 0.25) is 5.91 Å². The molecule has 1 saturated heterocycles. The molecule has 1 aliphatic rings. The molecule has 0 saturated carbocycles. The Bertz CT molecular complexity index is 1010. The number of aromatic nitrogens is 2. The zero-order chi connectivity index (χ0) is 17.9. The molecule has 1 fully saturated rings. The maximum atomic E-state index is 12.9. The fourth-order valence-corrected chi connectivity index (χ4v) is 3.40. The van der Waals surface area contributed by atoms with E-state index in [1.54, 1.807) is 30.6 Å². The standard InChI is InChI=1S/C20H17N5O/c21-12-14-5-3-6-15(11-14)24-20(26)18-9-4-10-25(18)19-16-7-1-2-8-17(16)22-13-23-19/h1-3,5-8,11,13,18H,4,9-10H2,(H,24,26)/t18-/m1/s1. The monoisotopic (exact) mass is 343 g/mol. The van der Waals surface area contributed by atoms with Crippen LogP contribution in [0.3, 0.4) is 0 Å². The van der Waals surface area contributed by atoms with Crippen molar-refractivity contribution in [1.29, 1.82) is 5.26 Å². The number of nitriles is 1. The fraction of sp³-hybridized carbons (Fsp3) is 0.200. The summed E-state index contributed by atoms with van der Waals surface area (Å²) in [6, 6.07) is 16.6. The lowest BCUT2D eigenvalue weighted by atomic mass is 10.1. The molecule has 26 heavy (non-hydrogen) atoms. The van der Waals surface area contributed by atoms with Gasteiger partial charge in [-0.25, -0.2) is 9.97 Å². The van der Waals surface area contributed by atoms with Gasteiger partial charge in [0.1, 0.15) is 18.2 Å². The molecule has 0 bridgehead atoms. The van der Waals surface area contributed by atoms with Gasteiger partial charge in [-0.05, 0) is 43.2 Å². The van der Waals surface area contributed by atoms with Gasteiger partial charge in [0.25, 0.3) is 0 Å². The summed E-state index contributed by atoms with van der Waals surface area (Å²) in [5, 5.41) is 12.9. The molecule has 6 nitrogen and oxygen atoms in total. The number of amides is 1. The molecule has 4 rings (SSSR count). The first-order chi connectivity index (χ1) is 12.8. The predicted octanol–water partition coefficient (Wildman–Crippen LogP) is 3.11. The molecule has 1 atom stereocenters. The van der Waals surface area contributed by atoms with E-state index in [9.17, 15) is 4.79 Å². The van der Waals surface area contributed by atoms with Crippen LogP contribution in [-0.4, -0.2) is 28.5 Å². The molecule has 128 valence electrons. The predicted molar refractivity (Wildman–Crippen MR) is 99.7 cm³/mol. The molecule has 1 amide bonds. The van der Waals surface area contributed by atoms with Gasteiger partial charge in [0, 0.05) is 17.6 Å². The third-order valence-electron chi connectivity index (χ3n) is 4.61. The smallest absolute Gasteiger partial charge is 0.247 e. The summed E-state index contributed by atoms with van der Waals surface area (Å²) >= 11 is 0. The van der Waals surface area contributed by atoms with Crippen molar-refractivity contribution in [2.75, 3.05) is 16.8 Å². The number of benzene rings is 2. The Balaban J connectivity index is 1.62. The van der Waals surface area contributed by atoms with E-state index in [-0.39, 0.29) is 11.9 Å². The highest BCUT2D eigenvalue weighted by molar-refractivity contribution is 5.99. The molecule has 0 radical (unpaired) electrons. The first kappa shape index (κ1) is 16.0. The van der Waals surface area contributed by atoms with Gasteiger partial charge in [-0.1, -0.05) is 18.2 Å². The summed E-state index contributed by atoms with van der Waals surface area (Å²) in [5.74, 6) is 0.708. The van der Waals surface area contributed by atoms with Crippen LogP contribution < -0.4 is 10.2 Å². The minimum Gasteiger partial charge on any atom is -0.344 e. The molecular weight excluding hydrogens is 326 g/mol. The van der Waals surface area contributed by atoms with E-state index in [0.29, 0.717) is 11.3 Å². The number of hydrogen-bond acceptors (Lipinski definition) is 5. The molecule has 1 aromatic heterocycles. The highest BCUT2D eigenvalue weighted by atomic mass is 16.2. The lowest BCUT2D eigenvalue weighted by Gasteiger charge is -2.25. The van der Waals surface area contributed by atoms with Crippen LogP contribution in [0.5, 0.6) is 0 Å². The Morgan fingerprint density at radius 2 is 2.08 bits per heavy atom. The van der Waals surface area contributed by atoms with Gasteiger partial charge in [0.15, 0.2) is 0 Å². The lowest BCUT2D eigenvalue weighted by molar-refractivity contribution is -0.117. The number of anilines is 2. The molecule has 0 spiro atoms. The van der Waals surface area contributed by atoms with Crippen molar-refractivity contribution >= 4 is 28.3 Å². The van der Waals surface area contributed by atoms with Crippen molar-refractivity contribution in [3.63, 3.8) is 0 Å². The number of rotatable bonds is 3. The Labute approximate surface area is 151 Å². The van der Waals surface area contributed by atoms with E-state index >= 15 is 0 Å². The average Bonchev–Trinajstić information content (AvgIpc) is 3.17. The minimum absolute atomic E-state index is 0.0831. The van der Waals surface area contributed by atoms with Gasteiger partial charge >= 0.3 is 0 Å². The number of carbonyl (C=O) groups is 1. The zero-order valence-electron chi connectivity index (χ0n) is 14.1. The first-order valence-corrected chi connectivity index (χ1v) is 8.54. The molecule has 0 aliphatic carbocycles. The van der Waals surface area contributed by atoms with Crippen molar-refractivity contribution in [3.8, 4) is 6.07 Å². The van der Waals surface area contributed by atoms with Crippen LogP contribution in [0, 0.1) is 11.3 Å². The molecular formula is C20H17N5O. The largest absolute Gasteiger partial charge is 0.344 e. The van der Waals surface area contributed by atoms with Crippen molar-refractivity contribution in [3.05, 3.63) is 60.4 Å². The Hall–Kier alpha value is -3.46. The van der Waals surface area contributed by atoms with E-state index in [0.717, 1.165) is 36.1 Å². The van der Waals surface area contributed by atoms with Crippen molar-refractivity contribution < 1.29 is 4.79 Å². The molecule has 1 aliphatic heterocycles. The SMILES string of the molecule is N#Cc1cccc(NC(=O)[C@H]2CCCN2c2ncnc3ccccc23)c1. The lowest BCUT2D eigenvalue weighted by Crippen LogP contribution is -2.40. The van der Waals surface area contributed by atoms with E-state index in [1.807, 2.05) is 29.2 Å². The number of para-hydroxylation sites is 1. The second-order valence-electron chi connectivity index (χ2n) is 6.25. The van der Waals surface area contributed by atoms with Gasteiger partial charge in [0.05, 0.1) is 17.1 Å². The molecule has 6 heteroatoms. The van der Waals surface area contributed by atoms with E-state index in [2.05, 4.69) is 21.4 Å². The zero-order valence-corrected chi connectivity index (χ0v) is 14.1. The van der Waals surface area contributed by atoms with Crippen LogP contribution in [0.15, 0.2) is 54.9 Å². The Kier molecular flexibility index (Phi) is 4.20. The van der Waals surface area contributed by atoms with E-state index < -0.39 is 0 Å². The van der Waals surface area contributed by atoms with Crippen LogP contribution in [-0.2, 0) is 4.79 Å². The molecule has 2 aromatic carbocycles. The number of fused-ring (bicyclic) bond motifs is 1. The summed E-state index contributed by atoms with van der Waals surface area (Å²) in [7, 11) is 0. The molecule has 2 heterocycles. The normalized spacial score (nSPS) is 16.4. The van der Waals surface area contributed by atoms with Crippen LogP contribution in [0.4, 0.5) is 11.5 Å². The van der Waals surface area contributed by atoms with Crippen molar-refractivity contribution in [1.82, 2.24) is 9.97 Å². The summed E-state index contributed by atoms with van der Waals surface area (Å²) in [6.07, 6.45) is 3.23. The number of nitrogens with one attached hydrogen (secondary N) is 1. The summed E-state index contributed by atoms with van der Waals surface area (Å²) in [4.78, 5) is 23.7. The summed E-state index contributed by atoms with van der Waals surface area (Å²) < 4.78 is 0. The van der Waals surface area contributed by atoms with Gasteiger partial charge < -0.3 is 10.2 Å². The summed E-state index contributed by atoms with van der Waals surface area (Å²) in [5.41, 5.74) is 2.02. The minimum atomic E-state index is -0.293. The third kappa shape index (κ3) is 2.95. The second-order valence-corrected chi connectivity index (χ2v) is 6.25. The first-order valence-electron chi connectivity index (χ1n) is 8.54. The topological polar surface area (TPSA) is 81.9 Å². The fourth-order valence-electron chi connectivity index (χ4n) is 3.40. The Morgan fingerprint density at radius 3 is 2.96 bits per heavy atom. The molecule has 1 N–H and O–H groups in total. The number of nitrogens with zero attached hydrogens (tertiary/aromatic N) is 4. The van der Waals surface area contributed by atoms with Crippen molar-refractivity contribution in [2.24, 2.45) is 0 Å². The van der Waals surface area contributed by atoms with Gasteiger partial charge in [-0.2, -0.15) is 5.26 Å². The third-order valence-corrected chi connectivity index (χ3v) is 4.61. The van der Waals surface area contributed by atoms with E-state index in [4.69, 9.17) is 5.26 Å². The molecule has 3 aromatic rings. The maximum absolute atomic E-state index is 12.9. The van der Waals surface area contributed by atoms with Crippen LogP contribution in [0.1, 0.15) is 18.4 Å². The Morgan fingerprint density at radius 1 is 1.19 bits per heavy atom. The molecule has 0 unspecified atom stereocenters. The van der Waals surface area contributed by atoms with Crippen LogP contribution in [0.2, 0.25) is 0 Å². The van der Waals surface area contributed by atoms with E-state index in [1.165, 1.54) is 0 Å². The quantitative estimate of drug-likeness (QED) is 0.790. The second kappa shape index (κ2) is 6.81. The number of carbonyl (C=O) groups excluding carboxylic acids is 1. The number of hydrogen-bond donors (Lipinski definition) is 1. The van der Waals surface area contributed by atoms with Crippen LogP contribution >= 0.6 is 0 Å². The van der Waals surface area contributed by atoms with Gasteiger partial charge in [-0.3, -0.25) is 4.79 Å². The van der Waals surface area contributed by atoms with Gasteiger partial charge in [-0.15, -0.1) is 0 Å². The van der Waals surface area contributed by atoms with Crippen molar-refractivity contribution in [2.45, 2.75) is 18.9 Å². The highest BCUT2D eigenvalue weighted by Crippen LogP contribution is 2.30.